The number of rotatable bonds is 39. The number of ether oxygens (including phenoxy) is 3. The van der Waals surface area contributed by atoms with Gasteiger partial charge < -0.3 is 14.2 Å². The first-order chi connectivity index (χ1) is 55.3. The smallest absolute Gasteiger partial charge is 0.201 e. The number of hydrogen-bond acceptors (Lipinski definition) is 3. The molecule has 9 aromatic rings. The van der Waals surface area contributed by atoms with E-state index in [1.165, 1.54) is 196 Å². The van der Waals surface area contributed by atoms with Crippen LogP contribution in [0.3, 0.4) is 0 Å². The lowest BCUT2D eigenvalue weighted by Gasteiger charge is -2.27. The molecule has 0 radical (unpaired) electrons. The van der Waals surface area contributed by atoms with E-state index >= 15 is 0 Å². The minimum absolute atomic E-state index is 0.00293. The van der Waals surface area contributed by atoms with E-state index in [1.54, 1.807) is 36.4 Å². The minimum Gasteiger partial charge on any atom is -0.490 e. The molecule has 113 heavy (non-hydrogen) atoms. The van der Waals surface area contributed by atoms with Gasteiger partial charge in [0.2, 0.25) is 17.5 Å². The van der Waals surface area contributed by atoms with Gasteiger partial charge in [0.15, 0.2) is 34.7 Å². The topological polar surface area (TPSA) is 27.7 Å². The fourth-order valence-corrected chi connectivity index (χ4v) is 17.0. The van der Waals surface area contributed by atoms with E-state index in [0.717, 1.165) is 121 Å². The minimum atomic E-state index is -0.901. The highest BCUT2D eigenvalue weighted by molar-refractivity contribution is 5.74. The Morgan fingerprint density at radius 2 is 0.513 bits per heavy atom. The third-order valence-electron chi connectivity index (χ3n) is 24.5. The van der Waals surface area contributed by atoms with E-state index in [1.807, 2.05) is 72.8 Å². The van der Waals surface area contributed by atoms with Gasteiger partial charge >= 0.3 is 0 Å². The maximum atomic E-state index is 15.0. The largest absolute Gasteiger partial charge is 0.490 e. The van der Waals surface area contributed by atoms with E-state index in [4.69, 9.17) is 14.2 Å². The number of benzene rings is 9. The summed E-state index contributed by atoms with van der Waals surface area (Å²) in [5, 5.41) is 0. The van der Waals surface area contributed by atoms with E-state index < -0.39 is 34.9 Å². The Balaban J connectivity index is 0.000000180. The lowest BCUT2D eigenvalue weighted by molar-refractivity contribution is 0.242. The van der Waals surface area contributed by atoms with Crippen molar-refractivity contribution >= 4 is 0 Å². The average Bonchev–Trinajstić information content (AvgIpc) is 0.815. The lowest BCUT2D eigenvalue weighted by Crippen LogP contribution is -2.14. The van der Waals surface area contributed by atoms with Gasteiger partial charge in [0.1, 0.15) is 0 Å². The average molecular weight is 1540 g/mol. The summed E-state index contributed by atoms with van der Waals surface area (Å²) < 4.78 is 106. The van der Waals surface area contributed by atoms with Crippen LogP contribution in [0.25, 0.3) is 66.8 Å². The molecule has 0 aliphatic heterocycles. The van der Waals surface area contributed by atoms with Crippen molar-refractivity contribution < 1.29 is 40.6 Å². The Hall–Kier alpha value is -8.04. The molecule has 0 saturated heterocycles. The van der Waals surface area contributed by atoms with Crippen LogP contribution < -0.4 is 14.2 Å². The van der Waals surface area contributed by atoms with Gasteiger partial charge in [0.25, 0.3) is 0 Å². The third-order valence-corrected chi connectivity index (χ3v) is 24.5. The Kier molecular flexibility index (Phi) is 36.9. The molecule has 0 aromatic heterocycles. The van der Waals surface area contributed by atoms with Gasteiger partial charge in [0, 0.05) is 16.7 Å². The van der Waals surface area contributed by atoms with Crippen LogP contribution in [0.4, 0.5) is 26.3 Å². The molecule has 3 fully saturated rings. The quantitative estimate of drug-likeness (QED) is 0.0284. The van der Waals surface area contributed by atoms with Gasteiger partial charge in [-0.15, -0.1) is 0 Å². The molecular weight excluding hydrogens is 1410 g/mol. The van der Waals surface area contributed by atoms with E-state index in [9.17, 15) is 26.3 Å². The van der Waals surface area contributed by atoms with Crippen molar-refractivity contribution in [2.24, 2.45) is 29.6 Å². The van der Waals surface area contributed by atoms with Crippen LogP contribution in [-0.4, -0.2) is 19.8 Å². The van der Waals surface area contributed by atoms with Gasteiger partial charge in [0.05, 0.1) is 19.8 Å². The molecule has 3 nitrogen and oxygen atoms in total. The van der Waals surface area contributed by atoms with Crippen LogP contribution in [0, 0.1) is 64.5 Å². The highest BCUT2D eigenvalue weighted by Crippen LogP contribution is 2.39. The second kappa shape index (κ2) is 47.7. The molecular formula is C104H130F6O3. The zero-order chi connectivity index (χ0) is 79.4. The summed E-state index contributed by atoms with van der Waals surface area (Å²) in [5.74, 6) is -0.826. The Morgan fingerprint density at radius 3 is 0.823 bits per heavy atom. The number of hydrogen-bond donors (Lipinski definition) is 0. The highest BCUT2D eigenvalue weighted by Gasteiger charge is 2.24. The summed E-state index contributed by atoms with van der Waals surface area (Å²) in [6, 6.07) is 58.4. The third kappa shape index (κ3) is 27.6. The molecule has 3 aliphatic rings. The van der Waals surface area contributed by atoms with Crippen molar-refractivity contribution in [3.63, 3.8) is 0 Å². The van der Waals surface area contributed by atoms with Crippen LogP contribution in [0.15, 0.2) is 182 Å². The Bertz CT molecular complexity index is 4170. The first kappa shape index (κ1) is 87.3. The summed E-state index contributed by atoms with van der Waals surface area (Å²) in [7, 11) is 0. The van der Waals surface area contributed by atoms with Crippen LogP contribution in [0.1, 0.15) is 270 Å². The number of unbranched alkanes of at least 4 members (excludes halogenated alkanes) is 11. The van der Waals surface area contributed by atoms with Crippen LogP contribution >= 0.6 is 0 Å². The fraction of sp³-hybridized carbons (Fsp3) is 0.481. The molecule has 3 saturated carbocycles. The molecule has 0 spiro atoms. The van der Waals surface area contributed by atoms with Gasteiger partial charge in [-0.05, 0) is 197 Å². The van der Waals surface area contributed by atoms with Crippen molar-refractivity contribution in [3.8, 4) is 84.0 Å². The van der Waals surface area contributed by atoms with E-state index in [2.05, 4.69) is 107 Å². The summed E-state index contributed by atoms with van der Waals surface area (Å²) in [6.45, 7) is 12.6. The van der Waals surface area contributed by atoms with E-state index in [0.29, 0.717) is 36.5 Å². The van der Waals surface area contributed by atoms with Crippen LogP contribution in [0.2, 0.25) is 0 Å². The zero-order valence-corrected chi connectivity index (χ0v) is 69.0. The summed E-state index contributed by atoms with van der Waals surface area (Å²) in [4.78, 5) is 0. The highest BCUT2D eigenvalue weighted by atomic mass is 19.2. The van der Waals surface area contributed by atoms with Crippen LogP contribution in [0.5, 0.6) is 17.2 Å². The molecule has 0 heterocycles. The van der Waals surface area contributed by atoms with Gasteiger partial charge in [-0.3, -0.25) is 0 Å². The molecule has 0 unspecified atom stereocenters. The summed E-state index contributed by atoms with van der Waals surface area (Å²) in [6.07, 6.45) is 45.5. The molecule has 606 valence electrons. The normalized spacial score (nSPS) is 16.4. The number of halogens is 6. The van der Waals surface area contributed by atoms with Gasteiger partial charge in [-0.2, -0.15) is 13.2 Å². The molecule has 9 heteroatoms. The second-order valence-corrected chi connectivity index (χ2v) is 33.1. The first-order valence-electron chi connectivity index (χ1n) is 44.2. The molecule has 9 aromatic carbocycles. The SMILES string of the molecule is CCCCCc1ccc(-c2ccc(-c3ccc(OCCCCC4CCC(CC)CC4)c(F)c3F)cc2)cc1.CCCCCc1ccc(-c2ccc(-c3ccc(OCCCCCC4CCC(C)CC4)c(F)c3F)cc2)cc1.CCCCCc1ccc(-c2ccc(-c3ccc(OCCCCCC4CCCCC4)c(F)c3F)cc2)cc1. The maximum Gasteiger partial charge on any atom is 0.201 e. The van der Waals surface area contributed by atoms with E-state index in [-0.39, 0.29) is 33.9 Å². The van der Waals surface area contributed by atoms with Gasteiger partial charge in [-0.25, -0.2) is 13.2 Å². The predicted molar refractivity (Wildman–Crippen MR) is 462 cm³/mol. The van der Waals surface area contributed by atoms with Crippen LogP contribution in [-0.2, 0) is 19.3 Å². The molecule has 0 atom stereocenters. The monoisotopic (exact) mass is 1540 g/mol. The molecule has 0 amide bonds. The van der Waals surface area contributed by atoms with Gasteiger partial charge in [-0.1, -0.05) is 354 Å². The van der Waals surface area contributed by atoms with Crippen molar-refractivity contribution in [1.29, 1.82) is 0 Å². The maximum absolute atomic E-state index is 15.0. The lowest BCUT2D eigenvalue weighted by atomic mass is 9.79. The molecule has 0 bridgehead atoms. The summed E-state index contributed by atoms with van der Waals surface area (Å²) >= 11 is 0. The first-order valence-corrected chi connectivity index (χ1v) is 44.2. The molecule has 12 rings (SSSR count). The predicted octanol–water partition coefficient (Wildman–Crippen LogP) is 32.1. The Morgan fingerprint density at radius 1 is 0.248 bits per heavy atom. The Labute approximate surface area is 675 Å². The zero-order valence-electron chi connectivity index (χ0n) is 69.0. The standard InChI is InChI=1S/2C35H44F2O.C34H42F2O/c1-3-4-6-9-28-15-17-29(18-16-28)30-19-21-31(22-20-30)32-23-24-33(35(37)34(32)36)38-25-8-5-7-10-27-13-11-26(2)12-14-27;1-3-5-6-9-28-15-17-29(18-16-28)30-19-21-31(22-20-30)32-23-24-33(35(37)34(32)36)38-25-8-7-10-27-13-11-26(4-2)12-14-27;1-2-3-6-11-27-15-17-28(18-16-27)29-19-21-30(22-20-29)31-23-24-32(34(36)33(31)35)37-25-10-5-9-14-26-12-7-4-8-13-26/h2*15-24,26-27H,3-14,25H2,1-2H3;15-24,26H,2-14,25H2,1H3. The van der Waals surface area contributed by atoms with Crippen molar-refractivity contribution in [2.75, 3.05) is 19.8 Å². The summed E-state index contributed by atoms with van der Waals surface area (Å²) in [5.41, 5.74) is 13.4. The second-order valence-electron chi connectivity index (χ2n) is 33.1. The molecule has 3 aliphatic carbocycles. The van der Waals surface area contributed by atoms with Crippen molar-refractivity contribution in [3.05, 3.63) is 234 Å². The fourth-order valence-electron chi connectivity index (χ4n) is 17.0. The number of aryl methyl sites for hydroxylation is 3. The van der Waals surface area contributed by atoms with Crippen molar-refractivity contribution in [2.45, 2.75) is 272 Å². The van der Waals surface area contributed by atoms with Crippen molar-refractivity contribution in [1.82, 2.24) is 0 Å². The molecule has 0 N–H and O–H groups in total.